The van der Waals surface area contributed by atoms with Crippen LogP contribution in [0.2, 0.25) is 0 Å². The molecule has 1 aliphatic rings. The number of fused-ring (bicyclic) bond motifs is 1. The van der Waals surface area contributed by atoms with Crippen LogP contribution in [0.1, 0.15) is 29.1 Å². The first-order valence-corrected chi connectivity index (χ1v) is 12.2. The molecular weight excluding hydrogens is 502 g/mol. The highest BCUT2D eigenvalue weighted by molar-refractivity contribution is 6.20. The van der Waals surface area contributed by atoms with E-state index in [0.29, 0.717) is 51.8 Å². The van der Waals surface area contributed by atoms with Gasteiger partial charge in [0.15, 0.2) is 34.4 Å². The van der Waals surface area contributed by atoms with Crippen molar-refractivity contribution in [2.24, 2.45) is 0 Å². The van der Waals surface area contributed by atoms with Crippen molar-refractivity contribution in [3.05, 3.63) is 89.4 Å². The van der Waals surface area contributed by atoms with Gasteiger partial charge in [-0.1, -0.05) is 18.2 Å². The Morgan fingerprint density at radius 1 is 0.923 bits per heavy atom. The number of hydrogen-bond acceptors (Lipinski definition) is 8. The lowest BCUT2D eigenvalue weighted by atomic mass is 9.94. The Labute approximate surface area is 224 Å². The molecule has 0 fully saturated rings. The minimum absolute atomic E-state index is 0.0390. The zero-order valence-corrected chi connectivity index (χ0v) is 21.9. The van der Waals surface area contributed by atoms with Crippen molar-refractivity contribution in [3.63, 3.8) is 0 Å². The van der Waals surface area contributed by atoms with Gasteiger partial charge in [-0.25, -0.2) is 0 Å². The third-order valence-corrected chi connectivity index (χ3v) is 6.55. The van der Waals surface area contributed by atoms with Gasteiger partial charge >= 0.3 is 0 Å². The van der Waals surface area contributed by atoms with Crippen LogP contribution in [0.5, 0.6) is 23.0 Å². The van der Waals surface area contributed by atoms with Gasteiger partial charge in [0.25, 0.3) is 5.91 Å². The Kier molecular flexibility index (Phi) is 6.89. The number of para-hydroxylation sites is 1. The number of benzene rings is 3. The number of ether oxygens (including phenoxy) is 4. The molecule has 1 amide bonds. The molecule has 1 aromatic heterocycles. The van der Waals surface area contributed by atoms with Gasteiger partial charge in [0.2, 0.25) is 5.78 Å². The molecule has 0 saturated heterocycles. The average molecular weight is 530 g/mol. The molecule has 4 aromatic rings. The fourth-order valence-electron chi connectivity index (χ4n) is 4.75. The molecule has 0 radical (unpaired) electrons. The number of nitrogens with zero attached hydrogens (tertiary/aromatic N) is 1. The van der Waals surface area contributed by atoms with E-state index in [2.05, 4.69) is 0 Å². The number of carbonyl (C=O) groups is 2. The van der Waals surface area contributed by atoms with Crippen molar-refractivity contribution in [2.75, 3.05) is 32.8 Å². The van der Waals surface area contributed by atoms with Crippen LogP contribution in [-0.4, -0.2) is 44.7 Å². The second-order valence-electron chi connectivity index (χ2n) is 8.70. The highest BCUT2D eigenvalue weighted by Crippen LogP contribution is 2.44. The minimum atomic E-state index is -0.988. The molecule has 0 spiro atoms. The molecule has 0 bridgehead atoms. The highest BCUT2D eigenvalue weighted by atomic mass is 16.5. The molecule has 0 aliphatic carbocycles. The lowest BCUT2D eigenvalue weighted by Gasteiger charge is -2.27. The van der Waals surface area contributed by atoms with Gasteiger partial charge in [0.1, 0.15) is 5.75 Å². The number of aliphatic hydroxyl groups excluding tert-OH is 1. The molecule has 9 heteroatoms. The Morgan fingerprint density at radius 2 is 1.64 bits per heavy atom. The SMILES string of the molecule is CCOc1ccc(N2C(=O)C(O)=C(C(=O)c3cc4cccc(OC)c4o3)C2c2ccc(OC)c(OC)c2)cc1. The van der Waals surface area contributed by atoms with Crippen LogP contribution < -0.4 is 23.8 Å². The molecule has 3 aromatic carbocycles. The Hall–Kier alpha value is -4.92. The van der Waals surface area contributed by atoms with Crippen molar-refractivity contribution in [1.29, 1.82) is 0 Å². The van der Waals surface area contributed by atoms with E-state index in [0.717, 1.165) is 0 Å². The summed E-state index contributed by atoms with van der Waals surface area (Å²) in [6.07, 6.45) is 0. The van der Waals surface area contributed by atoms with Gasteiger partial charge < -0.3 is 28.5 Å². The van der Waals surface area contributed by atoms with Gasteiger partial charge in [0.05, 0.1) is 39.6 Å². The smallest absolute Gasteiger partial charge is 0.294 e. The predicted molar refractivity (Wildman–Crippen MR) is 144 cm³/mol. The molecule has 1 atom stereocenters. The average Bonchev–Trinajstić information content (AvgIpc) is 3.52. The van der Waals surface area contributed by atoms with E-state index in [1.165, 1.54) is 26.2 Å². The number of methoxy groups -OCH3 is 3. The number of ketones is 1. The Morgan fingerprint density at radius 3 is 2.31 bits per heavy atom. The van der Waals surface area contributed by atoms with E-state index in [1.807, 2.05) is 6.92 Å². The summed E-state index contributed by atoms with van der Waals surface area (Å²) in [5.41, 5.74) is 1.25. The third kappa shape index (κ3) is 4.41. The van der Waals surface area contributed by atoms with E-state index in [1.54, 1.807) is 66.7 Å². The second kappa shape index (κ2) is 10.4. The zero-order chi connectivity index (χ0) is 27.7. The van der Waals surface area contributed by atoms with Gasteiger partial charge in [0, 0.05) is 11.1 Å². The third-order valence-electron chi connectivity index (χ3n) is 6.55. The molecule has 200 valence electrons. The van der Waals surface area contributed by atoms with Crippen LogP contribution in [0.25, 0.3) is 11.0 Å². The summed E-state index contributed by atoms with van der Waals surface area (Å²) in [5.74, 6) is -0.100. The first kappa shape index (κ1) is 25.7. The summed E-state index contributed by atoms with van der Waals surface area (Å²) in [5, 5.41) is 11.8. The first-order chi connectivity index (χ1) is 18.9. The van der Waals surface area contributed by atoms with Crippen molar-refractivity contribution in [1.82, 2.24) is 0 Å². The minimum Gasteiger partial charge on any atom is -0.503 e. The van der Waals surface area contributed by atoms with Gasteiger partial charge in [-0.3, -0.25) is 14.5 Å². The molecule has 39 heavy (non-hydrogen) atoms. The maximum Gasteiger partial charge on any atom is 0.294 e. The van der Waals surface area contributed by atoms with Crippen molar-refractivity contribution in [2.45, 2.75) is 13.0 Å². The lowest BCUT2D eigenvalue weighted by molar-refractivity contribution is -0.117. The monoisotopic (exact) mass is 529 g/mol. The number of rotatable bonds is 9. The summed E-state index contributed by atoms with van der Waals surface area (Å²) >= 11 is 0. The molecule has 9 nitrogen and oxygen atoms in total. The Balaban J connectivity index is 1.65. The fourth-order valence-corrected chi connectivity index (χ4v) is 4.75. The lowest BCUT2D eigenvalue weighted by Crippen LogP contribution is -2.31. The molecule has 1 N–H and O–H groups in total. The number of aliphatic hydroxyl groups is 1. The maximum absolute atomic E-state index is 13.9. The molecule has 1 aliphatic heterocycles. The quantitative estimate of drug-likeness (QED) is 0.278. The van der Waals surface area contributed by atoms with Crippen molar-refractivity contribution in [3.8, 4) is 23.0 Å². The van der Waals surface area contributed by atoms with E-state index in [-0.39, 0.29) is 11.3 Å². The topological polar surface area (TPSA) is 108 Å². The van der Waals surface area contributed by atoms with Crippen LogP contribution in [0.3, 0.4) is 0 Å². The van der Waals surface area contributed by atoms with Crippen molar-refractivity contribution >= 4 is 28.3 Å². The summed E-state index contributed by atoms with van der Waals surface area (Å²) in [6, 6.07) is 17.8. The van der Waals surface area contributed by atoms with Crippen LogP contribution in [-0.2, 0) is 4.79 Å². The second-order valence-corrected chi connectivity index (χ2v) is 8.70. The number of carbonyl (C=O) groups excluding carboxylic acids is 2. The highest BCUT2D eigenvalue weighted by Gasteiger charge is 2.45. The number of hydrogen-bond donors (Lipinski definition) is 1. The number of anilines is 1. The molecule has 0 saturated carbocycles. The predicted octanol–water partition coefficient (Wildman–Crippen LogP) is 5.64. The number of Topliss-reactive ketones (excluding diaryl/α,β-unsaturated/α-hetero) is 1. The largest absolute Gasteiger partial charge is 0.503 e. The summed E-state index contributed by atoms with van der Waals surface area (Å²) in [6.45, 7) is 2.36. The first-order valence-electron chi connectivity index (χ1n) is 12.2. The van der Waals surface area contributed by atoms with Crippen molar-refractivity contribution < 1.29 is 38.1 Å². The molecule has 1 unspecified atom stereocenters. The normalized spacial score (nSPS) is 15.1. The summed E-state index contributed by atoms with van der Waals surface area (Å²) in [4.78, 5) is 28.8. The van der Waals surface area contributed by atoms with E-state index >= 15 is 0 Å². The van der Waals surface area contributed by atoms with Crippen LogP contribution >= 0.6 is 0 Å². The molecule has 2 heterocycles. The van der Waals surface area contributed by atoms with Crippen LogP contribution in [0.4, 0.5) is 5.69 Å². The van der Waals surface area contributed by atoms with E-state index in [9.17, 15) is 14.7 Å². The standard InChI is InChI=1S/C30H27NO8/c1-5-38-20-12-10-19(11-13-20)31-26(17-9-14-21(35-2)23(15-17)37-4)25(28(33)30(31)34)27(32)24-16-18-7-6-8-22(36-3)29(18)39-24/h6-16,26,33H,5H2,1-4H3. The summed E-state index contributed by atoms with van der Waals surface area (Å²) < 4.78 is 27.6. The maximum atomic E-state index is 13.9. The van der Waals surface area contributed by atoms with Gasteiger partial charge in [-0.2, -0.15) is 0 Å². The van der Waals surface area contributed by atoms with E-state index < -0.39 is 23.5 Å². The van der Waals surface area contributed by atoms with Gasteiger partial charge in [-0.15, -0.1) is 0 Å². The zero-order valence-electron chi connectivity index (χ0n) is 21.9. The van der Waals surface area contributed by atoms with E-state index in [4.69, 9.17) is 23.4 Å². The molecule has 5 rings (SSSR count). The molecular formula is C30H27NO8. The fraction of sp³-hybridized carbons (Fsp3) is 0.200. The van der Waals surface area contributed by atoms with Crippen LogP contribution in [0.15, 0.2) is 82.5 Å². The Bertz CT molecular complexity index is 1580. The van der Waals surface area contributed by atoms with Gasteiger partial charge in [-0.05, 0) is 61.0 Å². The number of furan rings is 1. The number of amides is 1. The summed E-state index contributed by atoms with van der Waals surface area (Å²) in [7, 11) is 4.51. The van der Waals surface area contributed by atoms with Crippen LogP contribution in [0, 0.1) is 0 Å².